The summed E-state index contributed by atoms with van der Waals surface area (Å²) in [6, 6.07) is 12.0. The third kappa shape index (κ3) is 5.47. The Morgan fingerprint density at radius 3 is 2.52 bits per heavy atom. The molecule has 162 valence electrons. The number of amides is 1. The van der Waals surface area contributed by atoms with Gasteiger partial charge in [-0.3, -0.25) is 4.79 Å². The second kappa shape index (κ2) is 8.86. The van der Waals surface area contributed by atoms with Crippen molar-refractivity contribution in [1.29, 1.82) is 0 Å². The highest BCUT2D eigenvalue weighted by atomic mass is 32.2. The lowest BCUT2D eigenvalue weighted by atomic mass is 10.2. The van der Waals surface area contributed by atoms with Gasteiger partial charge in [-0.05, 0) is 36.4 Å². The zero-order chi connectivity index (χ0) is 21.8. The smallest absolute Gasteiger partial charge is 0.291 e. The summed E-state index contributed by atoms with van der Waals surface area (Å²) in [7, 11) is -3.26. The van der Waals surface area contributed by atoms with E-state index in [9.17, 15) is 13.2 Å². The number of aromatic nitrogens is 2. The number of hydrogen-bond acceptors (Lipinski definition) is 8. The molecule has 1 N–H and O–H groups in total. The van der Waals surface area contributed by atoms with E-state index < -0.39 is 9.84 Å². The molecule has 0 bridgehead atoms. The molecule has 1 aliphatic rings. The van der Waals surface area contributed by atoms with E-state index in [0.717, 1.165) is 0 Å². The summed E-state index contributed by atoms with van der Waals surface area (Å²) in [5.41, 5.74) is 1.73. The van der Waals surface area contributed by atoms with Crippen molar-refractivity contribution in [1.82, 2.24) is 9.97 Å². The van der Waals surface area contributed by atoms with Gasteiger partial charge in [0.15, 0.2) is 21.4 Å². The minimum Gasteiger partial charge on any atom is -0.459 e. The number of ether oxygens (including phenoxy) is 1. The fraction of sp³-hybridized carbons (Fsp3) is 0.286. The Labute approximate surface area is 180 Å². The van der Waals surface area contributed by atoms with E-state index in [-0.39, 0.29) is 17.4 Å². The Bertz CT molecular complexity index is 1150. The summed E-state index contributed by atoms with van der Waals surface area (Å²) in [6.07, 6.45) is 2.62. The highest BCUT2D eigenvalue weighted by Gasteiger charge is 2.18. The number of morpholine rings is 1. The molecule has 0 unspecified atom stereocenters. The second-order valence-electron chi connectivity index (χ2n) is 7.22. The molecule has 1 fully saturated rings. The molecule has 0 spiro atoms. The van der Waals surface area contributed by atoms with Gasteiger partial charge < -0.3 is 19.4 Å². The van der Waals surface area contributed by atoms with Gasteiger partial charge >= 0.3 is 0 Å². The largest absolute Gasteiger partial charge is 0.459 e. The molecule has 9 nitrogen and oxygen atoms in total. The van der Waals surface area contributed by atoms with Crippen LogP contribution < -0.4 is 10.2 Å². The predicted octanol–water partition coefficient (Wildman–Crippen LogP) is 2.37. The summed E-state index contributed by atoms with van der Waals surface area (Å²) >= 11 is 0. The van der Waals surface area contributed by atoms with Crippen molar-refractivity contribution < 1.29 is 22.4 Å². The van der Waals surface area contributed by atoms with Gasteiger partial charge in [0.2, 0.25) is 0 Å². The maximum absolute atomic E-state index is 12.1. The van der Waals surface area contributed by atoms with E-state index in [0.29, 0.717) is 54.9 Å². The van der Waals surface area contributed by atoms with Crippen molar-refractivity contribution in [2.75, 3.05) is 42.8 Å². The molecule has 3 aromatic rings. The van der Waals surface area contributed by atoms with Crippen molar-refractivity contribution in [3.05, 3.63) is 60.2 Å². The Kier molecular flexibility index (Phi) is 6.01. The average molecular weight is 442 g/mol. The van der Waals surface area contributed by atoms with E-state index in [1.54, 1.807) is 42.5 Å². The number of rotatable bonds is 6. The SMILES string of the molecule is CS(=O)(=O)Cc1cc(N2CCOCC2)nc(-c2ccc(NC(=O)c3ccco3)cc2)n1. The van der Waals surface area contributed by atoms with E-state index >= 15 is 0 Å². The van der Waals surface area contributed by atoms with Crippen LogP contribution in [0.1, 0.15) is 16.2 Å². The standard InChI is InChI=1S/C21H22N4O5S/c1-31(27,28)14-17-13-19(25-8-11-29-12-9-25)24-20(22-17)15-4-6-16(7-5-15)23-21(26)18-3-2-10-30-18/h2-7,10,13H,8-9,11-12,14H2,1H3,(H,23,26). The lowest BCUT2D eigenvalue weighted by molar-refractivity contribution is 0.0996. The Hall–Kier alpha value is -3.24. The molecule has 1 saturated heterocycles. The summed E-state index contributed by atoms with van der Waals surface area (Å²) < 4.78 is 34.2. The van der Waals surface area contributed by atoms with Crippen LogP contribution in [0.25, 0.3) is 11.4 Å². The molecular weight excluding hydrogens is 420 g/mol. The monoisotopic (exact) mass is 442 g/mol. The third-order valence-electron chi connectivity index (χ3n) is 4.66. The average Bonchev–Trinajstić information content (AvgIpc) is 3.29. The van der Waals surface area contributed by atoms with Gasteiger partial charge in [-0.2, -0.15) is 0 Å². The maximum atomic E-state index is 12.1. The third-order valence-corrected chi connectivity index (χ3v) is 5.48. The second-order valence-corrected chi connectivity index (χ2v) is 9.36. The Balaban J connectivity index is 1.61. The van der Waals surface area contributed by atoms with Crippen LogP contribution >= 0.6 is 0 Å². The highest BCUT2D eigenvalue weighted by molar-refractivity contribution is 7.89. The van der Waals surface area contributed by atoms with Crippen LogP contribution in [0, 0.1) is 0 Å². The number of carbonyl (C=O) groups is 1. The van der Waals surface area contributed by atoms with Crippen molar-refractivity contribution in [3.63, 3.8) is 0 Å². The van der Waals surface area contributed by atoms with Crippen molar-refractivity contribution in [2.24, 2.45) is 0 Å². The Morgan fingerprint density at radius 2 is 1.87 bits per heavy atom. The number of nitrogens with one attached hydrogen (secondary N) is 1. The molecule has 3 heterocycles. The molecule has 1 amide bonds. The zero-order valence-electron chi connectivity index (χ0n) is 16.9. The van der Waals surface area contributed by atoms with Crippen LogP contribution in [0.5, 0.6) is 0 Å². The molecule has 2 aromatic heterocycles. The van der Waals surface area contributed by atoms with Gasteiger partial charge in [-0.15, -0.1) is 0 Å². The lowest BCUT2D eigenvalue weighted by Crippen LogP contribution is -2.37. The first-order valence-corrected chi connectivity index (χ1v) is 11.8. The van der Waals surface area contributed by atoms with Crippen LogP contribution in [0.3, 0.4) is 0 Å². The highest BCUT2D eigenvalue weighted by Crippen LogP contribution is 2.23. The normalized spacial score (nSPS) is 14.4. The molecule has 10 heteroatoms. The van der Waals surface area contributed by atoms with Crippen LogP contribution in [-0.4, -0.2) is 56.9 Å². The van der Waals surface area contributed by atoms with Crippen molar-refractivity contribution in [2.45, 2.75) is 5.75 Å². The number of hydrogen-bond donors (Lipinski definition) is 1. The minimum atomic E-state index is -3.26. The Morgan fingerprint density at radius 1 is 1.13 bits per heavy atom. The molecule has 1 aliphatic heterocycles. The summed E-state index contributed by atoms with van der Waals surface area (Å²) in [6.45, 7) is 2.52. The van der Waals surface area contributed by atoms with Gasteiger partial charge in [-0.25, -0.2) is 18.4 Å². The number of carbonyl (C=O) groups excluding carboxylic acids is 1. The maximum Gasteiger partial charge on any atom is 0.291 e. The number of benzene rings is 1. The number of anilines is 2. The van der Waals surface area contributed by atoms with Gasteiger partial charge in [-0.1, -0.05) is 0 Å². The van der Waals surface area contributed by atoms with E-state index in [2.05, 4.69) is 20.2 Å². The van der Waals surface area contributed by atoms with Crippen LogP contribution in [-0.2, 0) is 20.3 Å². The van der Waals surface area contributed by atoms with Crippen LogP contribution in [0.2, 0.25) is 0 Å². The predicted molar refractivity (Wildman–Crippen MR) is 116 cm³/mol. The summed E-state index contributed by atoms with van der Waals surface area (Å²) in [5, 5.41) is 2.75. The number of sulfone groups is 1. The van der Waals surface area contributed by atoms with Crippen LogP contribution in [0.4, 0.5) is 11.5 Å². The first-order chi connectivity index (χ1) is 14.9. The molecule has 0 saturated carbocycles. The molecule has 4 rings (SSSR count). The van der Waals surface area contributed by atoms with Crippen LogP contribution in [0.15, 0.2) is 53.1 Å². The topological polar surface area (TPSA) is 115 Å². The quantitative estimate of drug-likeness (QED) is 0.619. The van der Waals surface area contributed by atoms with Gasteiger partial charge in [0.05, 0.1) is 30.9 Å². The van der Waals surface area contributed by atoms with E-state index in [1.165, 1.54) is 12.5 Å². The van der Waals surface area contributed by atoms with Gasteiger partial charge in [0.1, 0.15) is 5.82 Å². The molecule has 1 aromatic carbocycles. The van der Waals surface area contributed by atoms with Gasteiger partial charge in [0, 0.05) is 36.7 Å². The number of nitrogens with zero attached hydrogens (tertiary/aromatic N) is 3. The first kappa shape index (κ1) is 21.0. The number of furan rings is 1. The fourth-order valence-electron chi connectivity index (χ4n) is 3.21. The van der Waals surface area contributed by atoms with Crippen molar-refractivity contribution >= 4 is 27.2 Å². The molecule has 0 radical (unpaired) electrons. The minimum absolute atomic E-state index is 0.169. The van der Waals surface area contributed by atoms with Crippen molar-refractivity contribution in [3.8, 4) is 11.4 Å². The van der Waals surface area contributed by atoms with E-state index in [4.69, 9.17) is 9.15 Å². The molecule has 31 heavy (non-hydrogen) atoms. The molecular formula is C21H22N4O5S. The molecule has 0 atom stereocenters. The fourth-order valence-corrected chi connectivity index (χ4v) is 3.90. The van der Waals surface area contributed by atoms with Gasteiger partial charge in [0.25, 0.3) is 5.91 Å². The summed E-state index contributed by atoms with van der Waals surface area (Å²) in [5.74, 6) is 0.792. The molecule has 0 aliphatic carbocycles. The first-order valence-electron chi connectivity index (χ1n) is 9.71. The lowest BCUT2D eigenvalue weighted by Gasteiger charge is -2.28. The zero-order valence-corrected chi connectivity index (χ0v) is 17.8. The summed E-state index contributed by atoms with van der Waals surface area (Å²) in [4.78, 5) is 23.3. The van der Waals surface area contributed by atoms with E-state index in [1.807, 2.05) is 0 Å².